The van der Waals surface area contributed by atoms with Crippen LogP contribution in [0.1, 0.15) is 48.5 Å². The van der Waals surface area contributed by atoms with Crippen LogP contribution >= 0.6 is 22.7 Å². The summed E-state index contributed by atoms with van der Waals surface area (Å²) >= 11 is 3.12. The van der Waals surface area contributed by atoms with E-state index < -0.39 is 5.60 Å². The Morgan fingerprint density at radius 1 is 1.33 bits per heavy atom. The molecule has 0 aliphatic rings. The fourth-order valence-corrected chi connectivity index (χ4v) is 4.45. The normalized spacial score (nSPS) is 11.7. The van der Waals surface area contributed by atoms with Crippen LogP contribution in [0.5, 0.6) is 0 Å². The van der Waals surface area contributed by atoms with Gasteiger partial charge < -0.3 is 10.5 Å². The molecule has 0 aromatic carbocycles. The Morgan fingerprint density at radius 2 is 2.00 bits per heavy atom. The van der Waals surface area contributed by atoms with Crippen LogP contribution in [0.4, 0.5) is 5.69 Å². The number of thiophene rings is 2. The fraction of sp³-hybridized carbons (Fsp3) is 0.438. The van der Waals surface area contributed by atoms with Gasteiger partial charge in [0.05, 0.1) is 10.6 Å². The molecule has 3 nitrogen and oxygen atoms in total. The highest BCUT2D eigenvalue weighted by Gasteiger charge is 2.26. The first-order valence-corrected chi connectivity index (χ1v) is 8.63. The third kappa shape index (κ3) is 3.30. The Hall–Kier alpha value is -1.33. The SMILES string of the molecule is CCc1c(-c2sccc2C)sc(C(=O)OC(C)(C)C)c1N. The predicted octanol–water partition coefficient (Wildman–Crippen LogP) is 4.88. The topological polar surface area (TPSA) is 52.3 Å². The average molecular weight is 323 g/mol. The molecule has 0 spiro atoms. The van der Waals surface area contributed by atoms with Crippen molar-refractivity contribution in [1.82, 2.24) is 0 Å². The van der Waals surface area contributed by atoms with Crippen molar-refractivity contribution < 1.29 is 9.53 Å². The second-order valence-electron chi connectivity index (χ2n) is 5.94. The lowest BCUT2D eigenvalue weighted by atomic mass is 10.1. The largest absolute Gasteiger partial charge is 0.456 e. The molecule has 5 heteroatoms. The third-order valence-corrected chi connectivity index (χ3v) is 5.46. The van der Waals surface area contributed by atoms with Gasteiger partial charge in [-0.05, 0) is 56.7 Å². The monoisotopic (exact) mass is 323 g/mol. The van der Waals surface area contributed by atoms with E-state index in [1.807, 2.05) is 20.8 Å². The predicted molar refractivity (Wildman–Crippen MR) is 91.3 cm³/mol. The molecule has 114 valence electrons. The van der Waals surface area contributed by atoms with E-state index in [1.165, 1.54) is 21.8 Å². The maximum Gasteiger partial charge on any atom is 0.351 e. The van der Waals surface area contributed by atoms with Gasteiger partial charge in [-0.1, -0.05) is 6.92 Å². The second kappa shape index (κ2) is 5.81. The van der Waals surface area contributed by atoms with E-state index in [0.717, 1.165) is 16.9 Å². The highest BCUT2D eigenvalue weighted by atomic mass is 32.1. The van der Waals surface area contributed by atoms with Crippen molar-refractivity contribution in [3.63, 3.8) is 0 Å². The number of rotatable bonds is 3. The Balaban J connectivity index is 2.49. The second-order valence-corrected chi connectivity index (χ2v) is 7.88. The molecule has 0 bridgehead atoms. The summed E-state index contributed by atoms with van der Waals surface area (Å²) in [5, 5.41) is 2.06. The van der Waals surface area contributed by atoms with E-state index >= 15 is 0 Å². The van der Waals surface area contributed by atoms with E-state index in [9.17, 15) is 4.79 Å². The van der Waals surface area contributed by atoms with Gasteiger partial charge in [-0.15, -0.1) is 22.7 Å². The van der Waals surface area contributed by atoms with Crippen LogP contribution in [0.15, 0.2) is 11.4 Å². The lowest BCUT2D eigenvalue weighted by molar-refractivity contribution is 0.00763. The molecular weight excluding hydrogens is 302 g/mol. The standard InChI is InChI=1S/C16H21NO2S2/c1-6-10-11(17)14(15(18)19-16(3,4)5)21-13(10)12-9(2)7-8-20-12/h7-8H,6,17H2,1-5H3. The summed E-state index contributed by atoms with van der Waals surface area (Å²) in [6.45, 7) is 9.72. The molecule has 0 saturated heterocycles. The molecule has 0 fully saturated rings. The van der Waals surface area contributed by atoms with Gasteiger partial charge in [0.25, 0.3) is 0 Å². The summed E-state index contributed by atoms with van der Waals surface area (Å²) in [5.41, 5.74) is 8.52. The molecular formula is C16H21NO2S2. The number of carbonyl (C=O) groups excluding carboxylic acids is 1. The van der Waals surface area contributed by atoms with Gasteiger partial charge in [-0.3, -0.25) is 0 Å². The third-order valence-electron chi connectivity index (χ3n) is 3.05. The number of hydrogen-bond donors (Lipinski definition) is 1. The molecule has 2 aromatic heterocycles. The van der Waals surface area contributed by atoms with Crippen molar-refractivity contribution >= 4 is 34.3 Å². The summed E-state index contributed by atoms with van der Waals surface area (Å²) in [6, 6.07) is 2.09. The molecule has 2 aromatic rings. The molecule has 2 heterocycles. The minimum atomic E-state index is -0.515. The molecule has 21 heavy (non-hydrogen) atoms. The van der Waals surface area contributed by atoms with Crippen LogP contribution in [-0.4, -0.2) is 11.6 Å². The van der Waals surface area contributed by atoms with Gasteiger partial charge in [-0.25, -0.2) is 4.79 Å². The van der Waals surface area contributed by atoms with Crippen LogP contribution in [0, 0.1) is 6.92 Å². The summed E-state index contributed by atoms with van der Waals surface area (Å²) in [7, 11) is 0. The van der Waals surface area contributed by atoms with Crippen molar-refractivity contribution in [3.05, 3.63) is 27.5 Å². The van der Waals surface area contributed by atoms with Gasteiger partial charge in [0, 0.05) is 4.88 Å². The van der Waals surface area contributed by atoms with Gasteiger partial charge in [0.1, 0.15) is 10.5 Å². The van der Waals surface area contributed by atoms with Gasteiger partial charge >= 0.3 is 5.97 Å². The lowest BCUT2D eigenvalue weighted by Crippen LogP contribution is -2.23. The number of esters is 1. The number of nitrogen functional groups attached to an aromatic ring is 1. The molecule has 0 amide bonds. The average Bonchev–Trinajstić information content (AvgIpc) is 2.90. The number of ether oxygens (including phenoxy) is 1. The van der Waals surface area contributed by atoms with Gasteiger partial charge in [0.2, 0.25) is 0 Å². The maximum absolute atomic E-state index is 12.3. The number of hydrogen-bond acceptors (Lipinski definition) is 5. The zero-order valence-electron chi connectivity index (χ0n) is 13.1. The molecule has 2 N–H and O–H groups in total. The van der Waals surface area contributed by atoms with Crippen molar-refractivity contribution in [2.24, 2.45) is 0 Å². The van der Waals surface area contributed by atoms with E-state index in [4.69, 9.17) is 10.5 Å². The van der Waals surface area contributed by atoms with E-state index in [0.29, 0.717) is 10.6 Å². The fourth-order valence-electron chi connectivity index (χ4n) is 2.09. The van der Waals surface area contributed by atoms with E-state index in [1.54, 1.807) is 11.3 Å². The van der Waals surface area contributed by atoms with Crippen molar-refractivity contribution in [2.75, 3.05) is 5.73 Å². The van der Waals surface area contributed by atoms with Gasteiger partial charge in [-0.2, -0.15) is 0 Å². The number of anilines is 1. The molecule has 0 atom stereocenters. The molecule has 0 unspecified atom stereocenters. The highest BCUT2D eigenvalue weighted by molar-refractivity contribution is 7.23. The number of carbonyl (C=O) groups is 1. The summed E-state index contributed by atoms with van der Waals surface area (Å²) in [5.74, 6) is -0.333. The van der Waals surface area contributed by atoms with Crippen LogP contribution in [0.3, 0.4) is 0 Å². The minimum Gasteiger partial charge on any atom is -0.456 e. The van der Waals surface area contributed by atoms with Crippen LogP contribution < -0.4 is 5.73 Å². The van der Waals surface area contributed by atoms with Crippen LogP contribution in [-0.2, 0) is 11.2 Å². The molecule has 0 aliphatic carbocycles. The van der Waals surface area contributed by atoms with Crippen molar-refractivity contribution in [1.29, 1.82) is 0 Å². The Bertz CT molecular complexity index is 662. The van der Waals surface area contributed by atoms with Crippen molar-refractivity contribution in [2.45, 2.75) is 46.6 Å². The Labute approximate surface area is 133 Å². The Kier molecular flexibility index (Phi) is 4.44. The van der Waals surface area contributed by atoms with Gasteiger partial charge in [0.15, 0.2) is 0 Å². The first kappa shape index (κ1) is 16.0. The molecule has 0 saturated carbocycles. The smallest absolute Gasteiger partial charge is 0.351 e. The summed E-state index contributed by atoms with van der Waals surface area (Å²) < 4.78 is 5.46. The zero-order chi connectivity index (χ0) is 15.8. The van der Waals surface area contributed by atoms with Crippen LogP contribution in [0.2, 0.25) is 0 Å². The number of aryl methyl sites for hydroxylation is 1. The van der Waals surface area contributed by atoms with E-state index in [-0.39, 0.29) is 5.97 Å². The first-order chi connectivity index (χ1) is 9.74. The molecule has 2 rings (SSSR count). The van der Waals surface area contributed by atoms with E-state index in [2.05, 4.69) is 25.3 Å². The Morgan fingerprint density at radius 3 is 2.48 bits per heavy atom. The summed E-state index contributed by atoms with van der Waals surface area (Å²) in [6.07, 6.45) is 0.803. The minimum absolute atomic E-state index is 0.333. The maximum atomic E-state index is 12.3. The highest BCUT2D eigenvalue weighted by Crippen LogP contribution is 2.43. The van der Waals surface area contributed by atoms with Crippen molar-refractivity contribution in [3.8, 4) is 9.75 Å². The number of nitrogens with two attached hydrogens (primary N) is 1. The zero-order valence-corrected chi connectivity index (χ0v) is 14.7. The quantitative estimate of drug-likeness (QED) is 0.819. The van der Waals surface area contributed by atoms with Crippen LogP contribution in [0.25, 0.3) is 9.75 Å². The molecule has 0 radical (unpaired) electrons. The lowest BCUT2D eigenvalue weighted by Gasteiger charge is -2.19. The molecule has 0 aliphatic heterocycles. The first-order valence-electron chi connectivity index (χ1n) is 6.93. The summed E-state index contributed by atoms with van der Waals surface area (Å²) in [4.78, 5) is 15.1.